The third kappa shape index (κ3) is 3.00. The maximum Gasteiger partial charge on any atom is 0.227 e. The molecule has 5 heteroatoms. The van der Waals surface area contributed by atoms with Gasteiger partial charge in [-0.05, 0) is 25.0 Å². The molecule has 1 amide bonds. The smallest absolute Gasteiger partial charge is 0.227 e. The van der Waals surface area contributed by atoms with Crippen LogP contribution in [-0.2, 0) is 11.2 Å². The summed E-state index contributed by atoms with van der Waals surface area (Å²) < 4.78 is 13.6. The Bertz CT molecular complexity index is 432. The number of amides is 1. The van der Waals surface area contributed by atoms with E-state index in [1.165, 1.54) is 12.1 Å². The van der Waals surface area contributed by atoms with E-state index in [1.54, 1.807) is 11.0 Å². The molecule has 3 nitrogen and oxygen atoms in total. The number of hydrogen-bond donors (Lipinski definition) is 1. The predicted octanol–water partition coefficient (Wildman–Crippen LogP) is 1.97. The van der Waals surface area contributed by atoms with Crippen LogP contribution >= 0.6 is 11.6 Å². The van der Waals surface area contributed by atoms with Gasteiger partial charge in [0.25, 0.3) is 0 Å². The van der Waals surface area contributed by atoms with Gasteiger partial charge in [0, 0.05) is 29.7 Å². The highest BCUT2D eigenvalue weighted by Gasteiger charge is 2.22. The molecule has 0 aliphatic carbocycles. The lowest BCUT2D eigenvalue weighted by Gasteiger charge is -2.31. The summed E-state index contributed by atoms with van der Waals surface area (Å²) in [4.78, 5) is 13.8. The largest absolute Gasteiger partial charge is 0.341 e. The summed E-state index contributed by atoms with van der Waals surface area (Å²) in [6.45, 7) is 1.24. The van der Waals surface area contributed by atoms with Crippen LogP contribution in [0.1, 0.15) is 18.4 Å². The third-order valence-corrected chi connectivity index (χ3v) is 3.55. The topological polar surface area (TPSA) is 46.3 Å². The van der Waals surface area contributed by atoms with E-state index < -0.39 is 5.82 Å². The second-order valence-corrected chi connectivity index (χ2v) is 5.03. The number of nitrogens with two attached hydrogens (primary N) is 1. The summed E-state index contributed by atoms with van der Waals surface area (Å²) >= 11 is 5.91. The first-order valence-electron chi connectivity index (χ1n) is 6.04. The van der Waals surface area contributed by atoms with Gasteiger partial charge in [0.05, 0.1) is 6.42 Å². The highest BCUT2D eigenvalue weighted by atomic mass is 35.5. The second-order valence-electron chi connectivity index (χ2n) is 4.62. The molecule has 2 N–H and O–H groups in total. The number of carbonyl (C=O) groups is 1. The predicted molar refractivity (Wildman–Crippen MR) is 68.9 cm³/mol. The lowest BCUT2D eigenvalue weighted by molar-refractivity contribution is -0.131. The second kappa shape index (κ2) is 5.67. The van der Waals surface area contributed by atoms with Crippen LogP contribution < -0.4 is 5.73 Å². The minimum absolute atomic E-state index is 0.00176. The number of hydrogen-bond acceptors (Lipinski definition) is 2. The van der Waals surface area contributed by atoms with Gasteiger partial charge >= 0.3 is 0 Å². The molecule has 0 bridgehead atoms. The molecule has 1 aromatic rings. The summed E-state index contributed by atoms with van der Waals surface area (Å²) in [5.41, 5.74) is 6.09. The highest BCUT2D eigenvalue weighted by Crippen LogP contribution is 2.20. The van der Waals surface area contributed by atoms with E-state index in [-0.39, 0.29) is 23.9 Å². The summed E-state index contributed by atoms with van der Waals surface area (Å²) in [6, 6.07) is 4.47. The molecule has 1 aliphatic heterocycles. The molecule has 0 unspecified atom stereocenters. The normalized spacial score (nSPS) is 19.9. The van der Waals surface area contributed by atoms with Crippen LogP contribution in [0.5, 0.6) is 0 Å². The van der Waals surface area contributed by atoms with Crippen LogP contribution in [-0.4, -0.2) is 29.9 Å². The fourth-order valence-corrected chi connectivity index (χ4v) is 2.43. The molecular weight excluding hydrogens is 255 g/mol. The molecule has 0 spiro atoms. The number of nitrogens with zero attached hydrogens (tertiary/aromatic N) is 1. The van der Waals surface area contributed by atoms with E-state index in [0.29, 0.717) is 18.1 Å². The number of benzene rings is 1. The van der Waals surface area contributed by atoms with Gasteiger partial charge in [0.15, 0.2) is 0 Å². The van der Waals surface area contributed by atoms with E-state index in [4.69, 9.17) is 17.3 Å². The number of halogens is 2. The fraction of sp³-hybridized carbons (Fsp3) is 0.462. The minimum Gasteiger partial charge on any atom is -0.341 e. The Kier molecular flexibility index (Phi) is 4.19. The Morgan fingerprint density at radius 2 is 2.33 bits per heavy atom. The molecule has 1 aliphatic rings. The summed E-state index contributed by atoms with van der Waals surface area (Å²) in [7, 11) is 0. The average Bonchev–Trinajstić information content (AvgIpc) is 2.34. The van der Waals surface area contributed by atoms with Crippen LogP contribution in [0.3, 0.4) is 0 Å². The SMILES string of the molecule is N[C@@H]1CCCN(C(=O)Cc2c(F)cccc2Cl)C1. The number of likely N-dealkylation sites (tertiary alicyclic amines) is 1. The third-order valence-electron chi connectivity index (χ3n) is 3.20. The van der Waals surface area contributed by atoms with Crippen molar-refractivity contribution < 1.29 is 9.18 Å². The van der Waals surface area contributed by atoms with Gasteiger partial charge in [-0.15, -0.1) is 0 Å². The number of rotatable bonds is 2. The summed E-state index contributed by atoms with van der Waals surface area (Å²) in [6.07, 6.45) is 1.83. The molecule has 0 saturated carbocycles. The monoisotopic (exact) mass is 270 g/mol. The Morgan fingerprint density at radius 3 is 3.00 bits per heavy atom. The summed E-state index contributed by atoms with van der Waals surface area (Å²) in [5, 5.41) is 0.296. The van der Waals surface area contributed by atoms with Crippen molar-refractivity contribution in [2.45, 2.75) is 25.3 Å². The highest BCUT2D eigenvalue weighted by molar-refractivity contribution is 6.31. The summed E-state index contributed by atoms with van der Waals surface area (Å²) in [5.74, 6) is -0.547. The van der Waals surface area contributed by atoms with Crippen molar-refractivity contribution in [3.05, 3.63) is 34.6 Å². The lowest BCUT2D eigenvalue weighted by Crippen LogP contribution is -2.46. The van der Waals surface area contributed by atoms with Crippen LogP contribution in [0, 0.1) is 5.82 Å². The first-order valence-corrected chi connectivity index (χ1v) is 6.42. The van der Waals surface area contributed by atoms with Gasteiger partial charge < -0.3 is 10.6 Å². The first kappa shape index (κ1) is 13.3. The minimum atomic E-state index is -0.433. The zero-order valence-corrected chi connectivity index (χ0v) is 10.8. The van der Waals surface area contributed by atoms with Gasteiger partial charge in [-0.2, -0.15) is 0 Å². The molecule has 1 fully saturated rings. The van der Waals surface area contributed by atoms with Crippen molar-refractivity contribution in [1.29, 1.82) is 0 Å². The Morgan fingerprint density at radius 1 is 1.56 bits per heavy atom. The standard InChI is InChI=1S/C13H16ClFN2O/c14-11-4-1-5-12(15)10(11)7-13(18)17-6-2-3-9(16)8-17/h1,4-5,9H,2-3,6-8,16H2/t9-/m1/s1. The molecule has 0 aromatic heterocycles. The molecule has 1 atom stereocenters. The molecule has 1 saturated heterocycles. The Labute approximate surface area is 111 Å². The molecule has 1 heterocycles. The van der Waals surface area contributed by atoms with Gasteiger partial charge in [0.1, 0.15) is 5.82 Å². The van der Waals surface area contributed by atoms with Crippen LogP contribution in [0.25, 0.3) is 0 Å². The molecule has 1 aromatic carbocycles. The number of carbonyl (C=O) groups excluding carboxylic acids is 1. The van der Waals surface area contributed by atoms with Gasteiger partial charge in [-0.1, -0.05) is 17.7 Å². The van der Waals surface area contributed by atoms with Crippen molar-refractivity contribution in [3.63, 3.8) is 0 Å². The van der Waals surface area contributed by atoms with E-state index in [0.717, 1.165) is 12.8 Å². The first-order chi connectivity index (χ1) is 8.58. The lowest BCUT2D eigenvalue weighted by atomic mass is 10.0. The van der Waals surface area contributed by atoms with Crippen molar-refractivity contribution in [1.82, 2.24) is 4.90 Å². The molecule has 18 heavy (non-hydrogen) atoms. The van der Waals surface area contributed by atoms with Crippen LogP contribution in [0.2, 0.25) is 5.02 Å². The van der Waals surface area contributed by atoms with E-state index in [1.807, 2.05) is 0 Å². The maximum atomic E-state index is 13.6. The Hall–Kier alpha value is -1.13. The van der Waals surface area contributed by atoms with Gasteiger partial charge in [-0.3, -0.25) is 4.79 Å². The maximum absolute atomic E-state index is 13.6. The van der Waals surface area contributed by atoms with Gasteiger partial charge in [0.2, 0.25) is 5.91 Å². The van der Waals surface area contributed by atoms with Gasteiger partial charge in [-0.25, -0.2) is 4.39 Å². The van der Waals surface area contributed by atoms with Crippen molar-refractivity contribution in [2.75, 3.05) is 13.1 Å². The van der Waals surface area contributed by atoms with E-state index in [2.05, 4.69) is 0 Å². The van der Waals surface area contributed by atoms with Crippen molar-refractivity contribution >= 4 is 17.5 Å². The van der Waals surface area contributed by atoms with Crippen LogP contribution in [0.15, 0.2) is 18.2 Å². The molecule has 2 rings (SSSR count). The van der Waals surface area contributed by atoms with Crippen molar-refractivity contribution in [2.24, 2.45) is 5.73 Å². The fourth-order valence-electron chi connectivity index (χ4n) is 2.20. The molecular formula is C13H16ClFN2O. The zero-order valence-electron chi connectivity index (χ0n) is 10.0. The average molecular weight is 271 g/mol. The zero-order chi connectivity index (χ0) is 13.1. The Balaban J connectivity index is 2.07. The molecule has 0 radical (unpaired) electrons. The molecule has 98 valence electrons. The van der Waals surface area contributed by atoms with Crippen molar-refractivity contribution in [3.8, 4) is 0 Å². The number of piperidine rings is 1. The van der Waals surface area contributed by atoms with E-state index in [9.17, 15) is 9.18 Å². The van der Waals surface area contributed by atoms with Crippen LogP contribution in [0.4, 0.5) is 4.39 Å². The van der Waals surface area contributed by atoms with E-state index >= 15 is 0 Å². The quantitative estimate of drug-likeness (QED) is 0.893.